The summed E-state index contributed by atoms with van der Waals surface area (Å²) in [5.41, 5.74) is 0.0252. The van der Waals surface area contributed by atoms with Gasteiger partial charge in [0.1, 0.15) is 10.6 Å². The predicted molar refractivity (Wildman–Crippen MR) is 99.1 cm³/mol. The molecule has 1 amide bonds. The first kappa shape index (κ1) is 21.2. The maximum absolute atomic E-state index is 12.5. The van der Waals surface area contributed by atoms with E-state index in [0.29, 0.717) is 0 Å². The van der Waals surface area contributed by atoms with Crippen LogP contribution in [0.3, 0.4) is 0 Å². The molecule has 0 unspecified atom stereocenters. The van der Waals surface area contributed by atoms with Crippen LogP contribution in [-0.2, 0) is 19.6 Å². The number of hydrogen-bond donors (Lipinski definition) is 1. The molecule has 1 heterocycles. The van der Waals surface area contributed by atoms with Crippen molar-refractivity contribution in [1.82, 2.24) is 9.62 Å². The van der Waals surface area contributed by atoms with E-state index in [1.807, 2.05) is 13.8 Å². The number of sulfonamides is 1. The second-order valence-electron chi connectivity index (χ2n) is 6.58. The van der Waals surface area contributed by atoms with Crippen LogP contribution in [0.25, 0.3) is 0 Å². The molecule has 0 saturated carbocycles. The van der Waals surface area contributed by atoms with Crippen molar-refractivity contribution < 1.29 is 27.5 Å². The standard InChI is InChI=1S/C18H26N2O6S/c1-12-6-5-7-13(2)20(12)17(21)11-26-18(22)14-8-9-15(25-4)16(10-14)27(23,24)19-3/h8-10,12-13,19H,5-7,11H2,1-4H3/t12-,13-/m0/s1. The lowest BCUT2D eigenvalue weighted by atomic mass is 9.97. The first-order chi connectivity index (χ1) is 12.7. The molecule has 1 aliphatic rings. The van der Waals surface area contributed by atoms with Gasteiger partial charge in [-0.15, -0.1) is 0 Å². The van der Waals surface area contributed by atoms with Gasteiger partial charge in [0.2, 0.25) is 10.0 Å². The Hall–Kier alpha value is -2.13. The number of piperidine rings is 1. The number of nitrogens with one attached hydrogen (secondary N) is 1. The number of carbonyl (C=O) groups is 2. The number of esters is 1. The number of likely N-dealkylation sites (tertiary alicyclic amines) is 1. The van der Waals surface area contributed by atoms with Crippen LogP contribution >= 0.6 is 0 Å². The summed E-state index contributed by atoms with van der Waals surface area (Å²) >= 11 is 0. The molecule has 1 aromatic carbocycles. The molecule has 1 N–H and O–H groups in total. The van der Waals surface area contributed by atoms with Crippen LogP contribution in [0, 0.1) is 0 Å². The quantitative estimate of drug-likeness (QED) is 0.730. The molecule has 2 atom stereocenters. The van der Waals surface area contributed by atoms with E-state index < -0.39 is 16.0 Å². The molecule has 150 valence electrons. The number of hydrogen-bond acceptors (Lipinski definition) is 6. The summed E-state index contributed by atoms with van der Waals surface area (Å²) in [6, 6.07) is 4.15. The van der Waals surface area contributed by atoms with Gasteiger partial charge in [-0.1, -0.05) is 0 Å². The van der Waals surface area contributed by atoms with Crippen molar-refractivity contribution in [2.75, 3.05) is 20.8 Å². The highest BCUT2D eigenvalue weighted by Gasteiger charge is 2.29. The van der Waals surface area contributed by atoms with Crippen LogP contribution in [0.1, 0.15) is 43.5 Å². The average Bonchev–Trinajstić information content (AvgIpc) is 2.65. The Balaban J connectivity index is 2.12. The zero-order chi connectivity index (χ0) is 20.2. The van der Waals surface area contributed by atoms with Crippen molar-refractivity contribution in [1.29, 1.82) is 0 Å². The Morgan fingerprint density at radius 3 is 2.41 bits per heavy atom. The second-order valence-corrected chi connectivity index (χ2v) is 8.43. The number of carbonyl (C=O) groups excluding carboxylic acids is 2. The highest BCUT2D eigenvalue weighted by atomic mass is 32.2. The van der Waals surface area contributed by atoms with E-state index in [1.54, 1.807) is 4.90 Å². The first-order valence-electron chi connectivity index (χ1n) is 8.81. The van der Waals surface area contributed by atoms with Crippen molar-refractivity contribution in [3.8, 4) is 5.75 Å². The van der Waals surface area contributed by atoms with Gasteiger partial charge >= 0.3 is 5.97 Å². The summed E-state index contributed by atoms with van der Waals surface area (Å²) in [5.74, 6) is -0.913. The summed E-state index contributed by atoms with van der Waals surface area (Å²) in [6.07, 6.45) is 2.92. The van der Waals surface area contributed by atoms with Crippen molar-refractivity contribution >= 4 is 21.9 Å². The van der Waals surface area contributed by atoms with E-state index in [0.717, 1.165) is 19.3 Å². The van der Waals surface area contributed by atoms with Crippen LogP contribution in [0.2, 0.25) is 0 Å². The van der Waals surface area contributed by atoms with Gasteiger partial charge in [-0.25, -0.2) is 17.9 Å². The molecule has 0 aliphatic carbocycles. The third-order valence-electron chi connectivity index (χ3n) is 4.77. The fourth-order valence-electron chi connectivity index (χ4n) is 3.32. The van der Waals surface area contributed by atoms with Crippen molar-refractivity contribution in [2.45, 2.75) is 50.1 Å². The Morgan fingerprint density at radius 1 is 1.22 bits per heavy atom. The molecule has 0 aromatic heterocycles. The molecular formula is C18H26N2O6S. The molecule has 0 radical (unpaired) electrons. The lowest BCUT2D eigenvalue weighted by molar-refractivity contribution is -0.140. The van der Waals surface area contributed by atoms with E-state index in [1.165, 1.54) is 32.4 Å². The van der Waals surface area contributed by atoms with Crippen LogP contribution in [-0.4, -0.2) is 58.0 Å². The third kappa shape index (κ3) is 4.78. The van der Waals surface area contributed by atoms with Crippen molar-refractivity contribution in [3.63, 3.8) is 0 Å². The number of benzene rings is 1. The zero-order valence-corrected chi connectivity index (χ0v) is 16.8. The highest BCUT2D eigenvalue weighted by Crippen LogP contribution is 2.25. The molecule has 1 aromatic rings. The number of rotatable bonds is 6. The van der Waals surface area contributed by atoms with E-state index in [9.17, 15) is 18.0 Å². The van der Waals surface area contributed by atoms with Gasteiger partial charge in [-0.2, -0.15) is 0 Å². The maximum atomic E-state index is 12.5. The Kier molecular flexibility index (Phi) is 6.83. The Labute approximate surface area is 159 Å². The van der Waals surface area contributed by atoms with Gasteiger partial charge in [-0.3, -0.25) is 4.79 Å². The maximum Gasteiger partial charge on any atom is 0.338 e. The molecule has 0 bridgehead atoms. The fraction of sp³-hybridized carbons (Fsp3) is 0.556. The van der Waals surface area contributed by atoms with E-state index in [4.69, 9.17) is 9.47 Å². The van der Waals surface area contributed by atoms with Crippen LogP contribution < -0.4 is 9.46 Å². The van der Waals surface area contributed by atoms with E-state index >= 15 is 0 Å². The number of nitrogens with zero attached hydrogens (tertiary/aromatic N) is 1. The molecule has 0 spiro atoms. The monoisotopic (exact) mass is 398 g/mol. The zero-order valence-electron chi connectivity index (χ0n) is 16.0. The summed E-state index contributed by atoms with van der Waals surface area (Å²) < 4.78 is 36.5. The highest BCUT2D eigenvalue weighted by molar-refractivity contribution is 7.89. The summed E-state index contributed by atoms with van der Waals surface area (Å²) in [7, 11) is -1.22. The van der Waals surface area contributed by atoms with Crippen LogP contribution in [0.15, 0.2) is 23.1 Å². The van der Waals surface area contributed by atoms with Gasteiger partial charge in [0.25, 0.3) is 5.91 Å². The Bertz CT molecular complexity index is 798. The summed E-state index contributed by atoms with van der Waals surface area (Å²) in [6.45, 7) is 3.58. The molecule has 1 saturated heterocycles. The number of methoxy groups -OCH3 is 1. The molecular weight excluding hydrogens is 372 g/mol. The molecule has 1 aliphatic heterocycles. The summed E-state index contributed by atoms with van der Waals surface area (Å²) in [4.78, 5) is 26.3. The molecule has 27 heavy (non-hydrogen) atoms. The SMILES string of the molecule is CNS(=O)(=O)c1cc(C(=O)OCC(=O)N2[C@@H](C)CCC[C@@H]2C)ccc1OC. The predicted octanol–water partition coefficient (Wildman–Crippen LogP) is 1.55. The normalized spacial score (nSPS) is 20.2. The average molecular weight is 398 g/mol. The smallest absolute Gasteiger partial charge is 0.338 e. The van der Waals surface area contributed by atoms with Gasteiger partial charge in [0.05, 0.1) is 12.7 Å². The minimum Gasteiger partial charge on any atom is -0.495 e. The number of ether oxygens (including phenoxy) is 2. The number of amides is 1. The van der Waals surface area contributed by atoms with Gasteiger partial charge < -0.3 is 14.4 Å². The molecule has 8 nitrogen and oxygen atoms in total. The molecule has 2 rings (SSSR count). The Morgan fingerprint density at radius 2 is 1.85 bits per heavy atom. The van der Waals surface area contributed by atoms with E-state index in [2.05, 4.69) is 4.72 Å². The topological polar surface area (TPSA) is 102 Å². The lowest BCUT2D eigenvalue weighted by Gasteiger charge is -2.38. The van der Waals surface area contributed by atoms with Crippen molar-refractivity contribution in [3.05, 3.63) is 23.8 Å². The van der Waals surface area contributed by atoms with Gasteiger partial charge in [0, 0.05) is 12.1 Å². The second kappa shape index (κ2) is 8.71. The van der Waals surface area contributed by atoms with Crippen molar-refractivity contribution in [2.24, 2.45) is 0 Å². The van der Waals surface area contributed by atoms with E-state index in [-0.39, 0.29) is 40.8 Å². The molecule has 1 fully saturated rings. The lowest BCUT2D eigenvalue weighted by Crippen LogP contribution is -2.49. The third-order valence-corrected chi connectivity index (χ3v) is 6.20. The van der Waals surface area contributed by atoms with Gasteiger partial charge in [-0.05, 0) is 58.4 Å². The fourth-order valence-corrected chi connectivity index (χ4v) is 4.24. The first-order valence-corrected chi connectivity index (χ1v) is 10.3. The summed E-state index contributed by atoms with van der Waals surface area (Å²) in [5, 5.41) is 0. The largest absolute Gasteiger partial charge is 0.495 e. The minimum atomic E-state index is -3.82. The van der Waals surface area contributed by atoms with Crippen LogP contribution in [0.5, 0.6) is 5.75 Å². The van der Waals surface area contributed by atoms with Crippen LogP contribution in [0.4, 0.5) is 0 Å². The van der Waals surface area contributed by atoms with Gasteiger partial charge in [0.15, 0.2) is 6.61 Å². The molecule has 9 heteroatoms. The minimum absolute atomic E-state index is 0.0252.